The molecule has 24 heavy (non-hydrogen) atoms. The summed E-state index contributed by atoms with van der Waals surface area (Å²) in [6.07, 6.45) is 8.72. The summed E-state index contributed by atoms with van der Waals surface area (Å²) in [6, 6.07) is 0. The lowest BCUT2D eigenvalue weighted by molar-refractivity contribution is -0.131. The molecule has 132 valence electrons. The van der Waals surface area contributed by atoms with Crippen molar-refractivity contribution in [2.75, 3.05) is 12.0 Å². The van der Waals surface area contributed by atoms with Gasteiger partial charge in [-0.25, -0.2) is 8.42 Å². The highest BCUT2D eigenvalue weighted by Gasteiger charge is 2.60. The summed E-state index contributed by atoms with van der Waals surface area (Å²) < 4.78 is 22.6. The average Bonchev–Trinajstić information content (AvgIpc) is 2.97. The van der Waals surface area contributed by atoms with Crippen LogP contribution >= 0.6 is 0 Å². The molecule has 5 rings (SSSR count). The summed E-state index contributed by atoms with van der Waals surface area (Å²) >= 11 is 0. The standard InChI is InChI=1S/C15H23N5O3S/c1-24(22,23)3-2-13(21)18-14-5-11-4-12(6-14)8-15(7-11,9-14)20-17-10-16-19-20/h10-12H,2-9H2,1H3,(H,18,21). The molecule has 8 nitrogen and oxygen atoms in total. The molecular formula is C15H23N5O3S. The molecule has 9 heteroatoms. The lowest BCUT2D eigenvalue weighted by Gasteiger charge is -2.61. The van der Waals surface area contributed by atoms with Gasteiger partial charge in [0.05, 0.1) is 11.3 Å². The lowest BCUT2D eigenvalue weighted by Crippen LogP contribution is -2.66. The van der Waals surface area contributed by atoms with E-state index in [1.807, 2.05) is 0 Å². The van der Waals surface area contributed by atoms with Gasteiger partial charge in [-0.1, -0.05) is 0 Å². The Bertz CT molecular complexity index is 731. The van der Waals surface area contributed by atoms with Crippen LogP contribution in [-0.2, 0) is 20.2 Å². The number of hydrogen-bond acceptors (Lipinski definition) is 6. The molecule has 1 aromatic rings. The summed E-state index contributed by atoms with van der Waals surface area (Å²) in [4.78, 5) is 14.1. The Morgan fingerprint density at radius 1 is 1.29 bits per heavy atom. The van der Waals surface area contributed by atoms with Crippen molar-refractivity contribution in [1.29, 1.82) is 0 Å². The molecule has 0 spiro atoms. The first-order valence-corrected chi connectivity index (χ1v) is 10.6. The maximum Gasteiger partial charge on any atom is 0.221 e. The van der Waals surface area contributed by atoms with Crippen LogP contribution in [-0.4, -0.2) is 52.1 Å². The molecule has 1 heterocycles. The molecule has 2 unspecified atom stereocenters. The van der Waals surface area contributed by atoms with Gasteiger partial charge in [0, 0.05) is 18.2 Å². The van der Waals surface area contributed by atoms with Crippen molar-refractivity contribution in [3.8, 4) is 0 Å². The van der Waals surface area contributed by atoms with Crippen molar-refractivity contribution in [1.82, 2.24) is 25.5 Å². The van der Waals surface area contributed by atoms with Gasteiger partial charge < -0.3 is 5.32 Å². The topological polar surface area (TPSA) is 107 Å². The second-order valence-electron chi connectivity index (χ2n) is 8.12. The van der Waals surface area contributed by atoms with Crippen molar-refractivity contribution < 1.29 is 13.2 Å². The normalized spacial score (nSPS) is 37.5. The number of aromatic nitrogens is 4. The van der Waals surface area contributed by atoms with E-state index >= 15 is 0 Å². The van der Waals surface area contributed by atoms with Crippen LogP contribution in [0.5, 0.6) is 0 Å². The minimum Gasteiger partial charge on any atom is -0.351 e. The summed E-state index contributed by atoms with van der Waals surface area (Å²) in [5.41, 5.74) is -0.392. The third kappa shape index (κ3) is 2.82. The van der Waals surface area contributed by atoms with Gasteiger partial charge in [-0.05, 0) is 55.6 Å². The monoisotopic (exact) mass is 353 g/mol. The third-order valence-electron chi connectivity index (χ3n) is 5.91. The Hall–Kier alpha value is -1.51. The van der Waals surface area contributed by atoms with Crippen LogP contribution < -0.4 is 5.32 Å². The van der Waals surface area contributed by atoms with E-state index < -0.39 is 9.84 Å². The van der Waals surface area contributed by atoms with Gasteiger partial charge >= 0.3 is 0 Å². The van der Waals surface area contributed by atoms with Crippen molar-refractivity contribution in [2.45, 2.75) is 56.0 Å². The van der Waals surface area contributed by atoms with E-state index in [1.54, 1.807) is 4.80 Å². The second kappa shape index (κ2) is 5.24. The fourth-order valence-corrected chi connectivity index (χ4v) is 6.17. The first-order valence-electron chi connectivity index (χ1n) is 8.50. The van der Waals surface area contributed by atoms with Gasteiger partial charge in [-0.2, -0.15) is 4.80 Å². The fourth-order valence-electron chi connectivity index (χ4n) is 5.62. The molecule has 4 fully saturated rings. The van der Waals surface area contributed by atoms with Crippen LogP contribution in [0.25, 0.3) is 0 Å². The summed E-state index contributed by atoms with van der Waals surface area (Å²) in [5, 5.41) is 15.5. The summed E-state index contributed by atoms with van der Waals surface area (Å²) in [6.45, 7) is 0. The number of tetrazole rings is 1. The lowest BCUT2D eigenvalue weighted by atomic mass is 9.50. The summed E-state index contributed by atoms with van der Waals surface area (Å²) in [5.74, 6) is 0.862. The Morgan fingerprint density at radius 2 is 2.00 bits per heavy atom. The second-order valence-corrected chi connectivity index (χ2v) is 10.4. The molecule has 1 amide bonds. The highest BCUT2D eigenvalue weighted by molar-refractivity contribution is 7.90. The minimum absolute atomic E-state index is 0.0322. The van der Waals surface area contributed by atoms with Gasteiger partial charge in [0.2, 0.25) is 5.91 Å². The number of nitrogens with one attached hydrogen (secondary N) is 1. The molecule has 0 saturated heterocycles. The number of amides is 1. The number of rotatable bonds is 5. The zero-order chi connectivity index (χ0) is 17.0. The van der Waals surface area contributed by atoms with Crippen molar-refractivity contribution >= 4 is 15.7 Å². The maximum absolute atomic E-state index is 12.3. The fraction of sp³-hybridized carbons (Fsp3) is 0.867. The number of sulfone groups is 1. The van der Waals surface area contributed by atoms with E-state index in [0.717, 1.165) is 38.4 Å². The van der Waals surface area contributed by atoms with E-state index in [2.05, 4.69) is 20.7 Å². The Kier molecular flexibility index (Phi) is 3.49. The number of carbonyl (C=O) groups is 1. The third-order valence-corrected chi connectivity index (χ3v) is 6.85. The average molecular weight is 353 g/mol. The molecule has 1 aromatic heterocycles. The molecule has 4 bridgehead atoms. The zero-order valence-electron chi connectivity index (χ0n) is 13.8. The predicted octanol–water partition coefficient (Wildman–Crippen LogP) is 0.272. The first kappa shape index (κ1) is 16.0. The Labute approximate surface area is 141 Å². The van der Waals surface area contributed by atoms with Crippen LogP contribution in [0, 0.1) is 11.8 Å². The Balaban J connectivity index is 1.54. The molecule has 4 saturated carbocycles. The molecule has 2 atom stereocenters. The maximum atomic E-state index is 12.3. The SMILES string of the molecule is CS(=O)(=O)CCC(=O)NC12CC3CC(C1)CC(n1ncnn1)(C3)C2. The zero-order valence-corrected chi connectivity index (χ0v) is 14.6. The quantitative estimate of drug-likeness (QED) is 0.814. The van der Waals surface area contributed by atoms with Gasteiger partial charge in [0.1, 0.15) is 9.84 Å². The highest BCUT2D eigenvalue weighted by atomic mass is 32.2. The van der Waals surface area contributed by atoms with Crippen molar-refractivity contribution in [3.63, 3.8) is 0 Å². The minimum atomic E-state index is -3.13. The van der Waals surface area contributed by atoms with Crippen LogP contribution in [0.2, 0.25) is 0 Å². The predicted molar refractivity (Wildman–Crippen MR) is 85.7 cm³/mol. The number of nitrogens with zero attached hydrogens (tertiary/aromatic N) is 4. The van der Waals surface area contributed by atoms with Gasteiger partial charge in [0.25, 0.3) is 0 Å². The van der Waals surface area contributed by atoms with Crippen LogP contribution in [0.3, 0.4) is 0 Å². The van der Waals surface area contributed by atoms with E-state index in [9.17, 15) is 13.2 Å². The Morgan fingerprint density at radius 3 is 2.58 bits per heavy atom. The van der Waals surface area contributed by atoms with Crippen molar-refractivity contribution in [2.24, 2.45) is 11.8 Å². The molecule has 4 aliphatic rings. The van der Waals surface area contributed by atoms with E-state index in [-0.39, 0.29) is 29.2 Å². The van der Waals surface area contributed by atoms with Crippen LogP contribution in [0.4, 0.5) is 0 Å². The number of hydrogen-bond donors (Lipinski definition) is 1. The van der Waals surface area contributed by atoms with Gasteiger partial charge in [0.15, 0.2) is 6.33 Å². The summed E-state index contributed by atoms with van der Waals surface area (Å²) in [7, 11) is -3.13. The van der Waals surface area contributed by atoms with E-state index in [0.29, 0.717) is 11.8 Å². The van der Waals surface area contributed by atoms with Crippen LogP contribution in [0.15, 0.2) is 6.33 Å². The number of carbonyl (C=O) groups excluding carboxylic acids is 1. The van der Waals surface area contributed by atoms with Gasteiger partial charge in [-0.3, -0.25) is 4.79 Å². The molecule has 0 aromatic carbocycles. The van der Waals surface area contributed by atoms with E-state index in [4.69, 9.17) is 0 Å². The van der Waals surface area contributed by atoms with E-state index in [1.165, 1.54) is 12.7 Å². The molecule has 0 radical (unpaired) electrons. The largest absolute Gasteiger partial charge is 0.351 e. The molecule has 1 N–H and O–H groups in total. The first-order chi connectivity index (χ1) is 11.3. The molecular weight excluding hydrogens is 330 g/mol. The molecule has 0 aliphatic heterocycles. The highest BCUT2D eigenvalue weighted by Crippen LogP contribution is 2.60. The van der Waals surface area contributed by atoms with Crippen molar-refractivity contribution in [3.05, 3.63) is 6.33 Å². The van der Waals surface area contributed by atoms with Crippen LogP contribution in [0.1, 0.15) is 44.9 Å². The van der Waals surface area contributed by atoms with Gasteiger partial charge in [-0.15, -0.1) is 10.2 Å². The molecule has 4 aliphatic carbocycles. The smallest absolute Gasteiger partial charge is 0.221 e.